The Morgan fingerprint density at radius 2 is 1.86 bits per heavy atom. The molecule has 2 aliphatic rings. The number of rotatable bonds is 3. The molecule has 3 unspecified atom stereocenters. The summed E-state index contributed by atoms with van der Waals surface area (Å²) < 4.78 is 37.7. The molecule has 158 valence electrons. The van der Waals surface area contributed by atoms with Crippen molar-refractivity contribution in [1.82, 2.24) is 15.1 Å². The van der Waals surface area contributed by atoms with Gasteiger partial charge in [-0.15, -0.1) is 24.0 Å². The number of hydrogen-bond donors (Lipinski definition) is 1. The van der Waals surface area contributed by atoms with Gasteiger partial charge in [0.25, 0.3) is 0 Å². The minimum atomic E-state index is -4.13. The maximum atomic E-state index is 12.6. The van der Waals surface area contributed by atoms with E-state index in [0.29, 0.717) is 31.3 Å². The molecule has 3 rings (SSSR count). The minimum Gasteiger partial charge on any atom is -0.352 e. The molecule has 2 saturated heterocycles. The summed E-state index contributed by atoms with van der Waals surface area (Å²) in [4.78, 5) is 8.11. The first-order chi connectivity index (χ1) is 12.9. The molecule has 2 heterocycles. The third-order valence-corrected chi connectivity index (χ3v) is 5.65. The molecule has 4 nitrogen and oxygen atoms in total. The third-order valence-electron chi connectivity index (χ3n) is 5.65. The van der Waals surface area contributed by atoms with Crippen LogP contribution in [0.25, 0.3) is 0 Å². The summed E-state index contributed by atoms with van der Waals surface area (Å²) in [7, 11) is 1.75. The molecule has 1 aromatic carbocycles. The van der Waals surface area contributed by atoms with E-state index in [0.717, 1.165) is 25.5 Å². The van der Waals surface area contributed by atoms with Gasteiger partial charge >= 0.3 is 6.18 Å². The highest BCUT2D eigenvalue weighted by Crippen LogP contribution is 2.32. The first-order valence-electron chi connectivity index (χ1n) is 9.68. The average molecular weight is 510 g/mol. The molecule has 3 atom stereocenters. The van der Waals surface area contributed by atoms with E-state index in [1.165, 1.54) is 10.5 Å². The molecule has 0 radical (unpaired) electrons. The Morgan fingerprint density at radius 1 is 1.14 bits per heavy atom. The molecule has 1 N–H and O–H groups in total. The SMILES string of the molecule is CN=C(NC1CCN(CC(F)(F)F)C1)N1CCC(c2ccccc2)C(C)C1.I. The van der Waals surface area contributed by atoms with Gasteiger partial charge in [-0.25, -0.2) is 0 Å². The highest BCUT2D eigenvalue weighted by atomic mass is 127. The van der Waals surface area contributed by atoms with Crippen LogP contribution in [0.1, 0.15) is 31.2 Å². The second kappa shape index (κ2) is 10.1. The van der Waals surface area contributed by atoms with Gasteiger partial charge in [0, 0.05) is 39.3 Å². The van der Waals surface area contributed by atoms with Crippen molar-refractivity contribution >= 4 is 29.9 Å². The van der Waals surface area contributed by atoms with Gasteiger partial charge in [0.05, 0.1) is 6.54 Å². The molecule has 28 heavy (non-hydrogen) atoms. The fraction of sp³-hybridized carbons (Fsp3) is 0.650. The van der Waals surface area contributed by atoms with E-state index in [4.69, 9.17) is 0 Å². The quantitative estimate of drug-likeness (QED) is 0.380. The van der Waals surface area contributed by atoms with Crippen LogP contribution in [0.2, 0.25) is 0 Å². The van der Waals surface area contributed by atoms with E-state index < -0.39 is 12.7 Å². The smallest absolute Gasteiger partial charge is 0.352 e. The first-order valence-corrected chi connectivity index (χ1v) is 9.68. The Kier molecular flexibility index (Phi) is 8.42. The Balaban J connectivity index is 0.00000280. The fourth-order valence-electron chi connectivity index (χ4n) is 4.36. The lowest BCUT2D eigenvalue weighted by molar-refractivity contribution is -0.143. The van der Waals surface area contributed by atoms with Gasteiger partial charge in [-0.2, -0.15) is 13.2 Å². The van der Waals surface area contributed by atoms with Crippen molar-refractivity contribution in [3.63, 3.8) is 0 Å². The topological polar surface area (TPSA) is 30.9 Å². The van der Waals surface area contributed by atoms with Crippen molar-refractivity contribution < 1.29 is 13.2 Å². The van der Waals surface area contributed by atoms with Gasteiger partial charge in [-0.3, -0.25) is 9.89 Å². The van der Waals surface area contributed by atoms with Crippen LogP contribution in [0.4, 0.5) is 13.2 Å². The summed E-state index contributed by atoms with van der Waals surface area (Å²) in [6, 6.07) is 10.6. The zero-order valence-corrected chi connectivity index (χ0v) is 18.8. The zero-order chi connectivity index (χ0) is 19.4. The highest BCUT2D eigenvalue weighted by molar-refractivity contribution is 14.0. The lowest BCUT2D eigenvalue weighted by Crippen LogP contribution is -2.51. The number of guanidine groups is 1. The number of halogens is 4. The number of nitrogens with one attached hydrogen (secondary N) is 1. The summed E-state index contributed by atoms with van der Waals surface area (Å²) in [5.74, 6) is 1.84. The molecule has 0 aliphatic carbocycles. The molecular formula is C20H30F3IN4. The predicted molar refractivity (Wildman–Crippen MR) is 117 cm³/mol. The van der Waals surface area contributed by atoms with Crippen LogP contribution >= 0.6 is 24.0 Å². The number of likely N-dealkylation sites (tertiary alicyclic amines) is 2. The monoisotopic (exact) mass is 510 g/mol. The van der Waals surface area contributed by atoms with Crippen molar-refractivity contribution in [3.05, 3.63) is 35.9 Å². The lowest BCUT2D eigenvalue weighted by Gasteiger charge is -2.39. The standard InChI is InChI=1S/C20H29F3N4.HI/c1-15-12-27(11-9-18(15)16-6-4-3-5-7-16)19(24-2)25-17-8-10-26(13-17)14-20(21,22)23;/h3-7,15,17-18H,8-14H2,1-2H3,(H,24,25);1H. The fourth-order valence-corrected chi connectivity index (χ4v) is 4.36. The molecular weight excluding hydrogens is 480 g/mol. The predicted octanol–water partition coefficient (Wildman–Crippen LogP) is 3.94. The van der Waals surface area contributed by atoms with E-state index in [2.05, 4.69) is 46.4 Å². The number of nitrogens with zero attached hydrogens (tertiary/aromatic N) is 3. The second-order valence-electron chi connectivity index (χ2n) is 7.76. The molecule has 0 saturated carbocycles. The van der Waals surface area contributed by atoms with E-state index in [1.54, 1.807) is 7.05 Å². The van der Waals surface area contributed by atoms with E-state index >= 15 is 0 Å². The molecule has 0 amide bonds. The van der Waals surface area contributed by atoms with E-state index in [9.17, 15) is 13.2 Å². The number of piperidine rings is 1. The number of aliphatic imine (C=N–C) groups is 1. The van der Waals surface area contributed by atoms with Gasteiger partial charge in [0.2, 0.25) is 0 Å². The van der Waals surface area contributed by atoms with Crippen LogP contribution in [-0.4, -0.2) is 67.7 Å². The van der Waals surface area contributed by atoms with Crippen LogP contribution in [0, 0.1) is 5.92 Å². The minimum absolute atomic E-state index is 0. The number of benzene rings is 1. The molecule has 0 bridgehead atoms. The van der Waals surface area contributed by atoms with Crippen molar-refractivity contribution in [3.8, 4) is 0 Å². The summed E-state index contributed by atoms with van der Waals surface area (Å²) in [5, 5.41) is 3.39. The maximum Gasteiger partial charge on any atom is 0.401 e. The molecule has 0 spiro atoms. The zero-order valence-electron chi connectivity index (χ0n) is 16.5. The summed E-state index contributed by atoms with van der Waals surface area (Å²) in [6.45, 7) is 4.12. The van der Waals surface area contributed by atoms with Crippen LogP contribution in [0.15, 0.2) is 35.3 Å². The van der Waals surface area contributed by atoms with Gasteiger partial charge in [-0.05, 0) is 30.2 Å². The molecule has 0 aromatic heterocycles. The lowest BCUT2D eigenvalue weighted by atomic mass is 9.82. The Labute approximate surface area is 182 Å². The Bertz CT molecular complexity index is 638. The van der Waals surface area contributed by atoms with Gasteiger partial charge in [-0.1, -0.05) is 37.3 Å². The van der Waals surface area contributed by atoms with Crippen LogP contribution in [0.5, 0.6) is 0 Å². The van der Waals surface area contributed by atoms with Crippen LogP contribution < -0.4 is 5.32 Å². The van der Waals surface area contributed by atoms with Gasteiger partial charge < -0.3 is 10.2 Å². The Hall–Kier alpha value is -1.03. The van der Waals surface area contributed by atoms with Gasteiger partial charge in [0.1, 0.15) is 0 Å². The molecule has 2 fully saturated rings. The summed E-state index contributed by atoms with van der Waals surface area (Å²) >= 11 is 0. The van der Waals surface area contributed by atoms with E-state index in [-0.39, 0.29) is 30.0 Å². The van der Waals surface area contributed by atoms with Crippen molar-refractivity contribution in [2.75, 3.05) is 39.8 Å². The van der Waals surface area contributed by atoms with Crippen LogP contribution in [-0.2, 0) is 0 Å². The number of hydrogen-bond acceptors (Lipinski definition) is 2. The molecule has 1 aromatic rings. The van der Waals surface area contributed by atoms with Crippen molar-refractivity contribution in [2.45, 2.75) is 37.9 Å². The van der Waals surface area contributed by atoms with Crippen molar-refractivity contribution in [1.29, 1.82) is 0 Å². The normalized spacial score (nSPS) is 26.8. The van der Waals surface area contributed by atoms with Crippen LogP contribution in [0.3, 0.4) is 0 Å². The molecule has 2 aliphatic heterocycles. The Morgan fingerprint density at radius 3 is 2.46 bits per heavy atom. The third kappa shape index (κ3) is 6.23. The van der Waals surface area contributed by atoms with Crippen molar-refractivity contribution in [2.24, 2.45) is 10.9 Å². The second-order valence-corrected chi connectivity index (χ2v) is 7.76. The first kappa shape index (κ1) is 23.3. The average Bonchev–Trinajstić information content (AvgIpc) is 3.05. The summed E-state index contributed by atoms with van der Waals surface area (Å²) in [5.41, 5.74) is 1.38. The summed E-state index contributed by atoms with van der Waals surface area (Å²) in [6.07, 6.45) is -2.37. The number of alkyl halides is 3. The largest absolute Gasteiger partial charge is 0.401 e. The molecule has 8 heteroatoms. The van der Waals surface area contributed by atoms with E-state index in [1.807, 2.05) is 6.07 Å². The highest BCUT2D eigenvalue weighted by Gasteiger charge is 2.35. The van der Waals surface area contributed by atoms with Gasteiger partial charge in [0.15, 0.2) is 5.96 Å². The maximum absolute atomic E-state index is 12.6.